The third-order valence-electron chi connectivity index (χ3n) is 3.41. The van der Waals surface area contributed by atoms with Crippen LogP contribution in [0.3, 0.4) is 0 Å². The summed E-state index contributed by atoms with van der Waals surface area (Å²) in [7, 11) is 0. The van der Waals surface area contributed by atoms with Crippen LogP contribution in [0, 0.1) is 0 Å². The monoisotopic (exact) mass is 250 g/mol. The van der Waals surface area contributed by atoms with Crippen LogP contribution in [0.25, 0.3) is 0 Å². The minimum atomic E-state index is -0.798. The molecule has 0 unspecified atom stereocenters. The van der Waals surface area contributed by atoms with E-state index in [9.17, 15) is 9.59 Å². The van der Waals surface area contributed by atoms with Crippen molar-refractivity contribution in [2.24, 2.45) is 0 Å². The summed E-state index contributed by atoms with van der Waals surface area (Å²) in [4.78, 5) is 27.6. The maximum Gasteiger partial charge on any atom is 0.303 e. The summed E-state index contributed by atoms with van der Waals surface area (Å²) in [6.07, 6.45) is 5.36. The van der Waals surface area contributed by atoms with Gasteiger partial charge in [0, 0.05) is 25.2 Å². The molecule has 2 heterocycles. The molecule has 1 amide bonds. The van der Waals surface area contributed by atoms with Crippen LogP contribution in [-0.2, 0) is 4.79 Å². The SMILES string of the molecule is O=C(O)CC[C@@H]1CCCCN1C(=O)c1ccc[nH]1. The Balaban J connectivity index is 2.03. The lowest BCUT2D eigenvalue weighted by Crippen LogP contribution is -2.44. The van der Waals surface area contributed by atoms with E-state index in [-0.39, 0.29) is 18.4 Å². The number of nitrogens with one attached hydrogen (secondary N) is 1. The second-order valence-corrected chi connectivity index (χ2v) is 4.66. The number of carboxylic acid groups (broad SMARTS) is 1. The number of carbonyl (C=O) groups excluding carboxylic acids is 1. The standard InChI is InChI=1S/C13H18N2O3/c16-12(17)7-6-10-4-1-2-9-15(10)13(18)11-5-3-8-14-11/h3,5,8,10,14H,1-2,4,6-7,9H2,(H,16,17)/t10-/m0/s1. The van der Waals surface area contributed by atoms with E-state index in [1.165, 1.54) is 0 Å². The van der Waals surface area contributed by atoms with Crippen LogP contribution in [0.1, 0.15) is 42.6 Å². The lowest BCUT2D eigenvalue weighted by molar-refractivity contribution is -0.137. The van der Waals surface area contributed by atoms with Crippen LogP contribution >= 0.6 is 0 Å². The first-order chi connectivity index (χ1) is 8.68. The lowest BCUT2D eigenvalue weighted by Gasteiger charge is -2.35. The molecule has 5 nitrogen and oxygen atoms in total. The summed E-state index contributed by atoms with van der Waals surface area (Å²) < 4.78 is 0. The fraction of sp³-hybridized carbons (Fsp3) is 0.538. The molecule has 2 rings (SSSR count). The van der Waals surface area contributed by atoms with E-state index in [1.807, 2.05) is 4.90 Å². The molecule has 1 atom stereocenters. The van der Waals surface area contributed by atoms with Crippen molar-refractivity contribution in [1.82, 2.24) is 9.88 Å². The average molecular weight is 250 g/mol. The van der Waals surface area contributed by atoms with Crippen LogP contribution in [0.5, 0.6) is 0 Å². The summed E-state index contributed by atoms with van der Waals surface area (Å²) in [6, 6.07) is 3.61. The molecule has 0 saturated carbocycles. The summed E-state index contributed by atoms with van der Waals surface area (Å²) in [5, 5.41) is 8.74. The van der Waals surface area contributed by atoms with Crippen LogP contribution in [0.15, 0.2) is 18.3 Å². The molecule has 0 radical (unpaired) electrons. The summed E-state index contributed by atoms with van der Waals surface area (Å²) >= 11 is 0. The Morgan fingerprint density at radius 3 is 2.94 bits per heavy atom. The molecule has 1 fully saturated rings. The van der Waals surface area contributed by atoms with Gasteiger partial charge >= 0.3 is 5.97 Å². The number of piperidine rings is 1. The fourth-order valence-electron chi connectivity index (χ4n) is 2.48. The number of hydrogen-bond donors (Lipinski definition) is 2. The second kappa shape index (κ2) is 5.71. The maximum absolute atomic E-state index is 12.3. The number of likely N-dealkylation sites (tertiary alicyclic amines) is 1. The number of aromatic nitrogens is 1. The molecule has 18 heavy (non-hydrogen) atoms. The van der Waals surface area contributed by atoms with Gasteiger partial charge < -0.3 is 15.0 Å². The van der Waals surface area contributed by atoms with Gasteiger partial charge in [0.1, 0.15) is 5.69 Å². The van der Waals surface area contributed by atoms with Crippen molar-refractivity contribution in [2.45, 2.75) is 38.1 Å². The maximum atomic E-state index is 12.3. The summed E-state index contributed by atoms with van der Waals surface area (Å²) in [6.45, 7) is 0.724. The zero-order valence-electron chi connectivity index (χ0n) is 10.3. The second-order valence-electron chi connectivity index (χ2n) is 4.66. The highest BCUT2D eigenvalue weighted by atomic mass is 16.4. The molecule has 1 aliphatic heterocycles. The van der Waals surface area contributed by atoms with E-state index >= 15 is 0 Å². The average Bonchev–Trinajstić information content (AvgIpc) is 2.89. The van der Waals surface area contributed by atoms with Gasteiger partial charge in [-0.2, -0.15) is 0 Å². The number of aromatic amines is 1. The largest absolute Gasteiger partial charge is 0.481 e. The van der Waals surface area contributed by atoms with Gasteiger partial charge in [0.15, 0.2) is 0 Å². The highest BCUT2D eigenvalue weighted by Crippen LogP contribution is 2.22. The summed E-state index contributed by atoms with van der Waals surface area (Å²) in [5.74, 6) is -0.817. The highest BCUT2D eigenvalue weighted by Gasteiger charge is 2.27. The van der Waals surface area contributed by atoms with Gasteiger partial charge in [0.05, 0.1) is 0 Å². The van der Waals surface area contributed by atoms with Crippen LogP contribution in [0.2, 0.25) is 0 Å². The number of amides is 1. The number of carboxylic acids is 1. The Morgan fingerprint density at radius 2 is 2.28 bits per heavy atom. The van der Waals surface area contributed by atoms with Crippen LogP contribution < -0.4 is 0 Å². The molecule has 1 aliphatic rings. The van der Waals surface area contributed by atoms with Gasteiger partial charge in [-0.25, -0.2) is 0 Å². The molecule has 0 bridgehead atoms. The van der Waals surface area contributed by atoms with Crippen LogP contribution in [-0.4, -0.2) is 39.5 Å². The first kappa shape index (κ1) is 12.7. The van der Waals surface area contributed by atoms with E-state index in [0.29, 0.717) is 12.1 Å². The first-order valence-electron chi connectivity index (χ1n) is 6.34. The first-order valence-corrected chi connectivity index (χ1v) is 6.34. The molecule has 1 aromatic rings. The molecule has 0 aromatic carbocycles. The van der Waals surface area contributed by atoms with Crippen molar-refractivity contribution in [3.05, 3.63) is 24.0 Å². The van der Waals surface area contributed by atoms with Crippen LogP contribution in [0.4, 0.5) is 0 Å². The molecule has 0 spiro atoms. The minimum absolute atomic E-state index is 0.0184. The Hall–Kier alpha value is -1.78. The molecule has 1 aromatic heterocycles. The van der Waals surface area contributed by atoms with Crippen molar-refractivity contribution >= 4 is 11.9 Å². The lowest BCUT2D eigenvalue weighted by atomic mass is 9.97. The fourth-order valence-corrected chi connectivity index (χ4v) is 2.48. The topological polar surface area (TPSA) is 73.4 Å². The van der Waals surface area contributed by atoms with Gasteiger partial charge in [-0.3, -0.25) is 9.59 Å². The molecule has 98 valence electrons. The molecular formula is C13H18N2O3. The zero-order valence-corrected chi connectivity index (χ0v) is 10.3. The van der Waals surface area contributed by atoms with E-state index < -0.39 is 5.97 Å². The normalized spacial score (nSPS) is 19.8. The van der Waals surface area contributed by atoms with Gasteiger partial charge in [-0.1, -0.05) is 0 Å². The number of carbonyl (C=O) groups is 2. The number of nitrogens with zero attached hydrogens (tertiary/aromatic N) is 1. The van der Waals surface area contributed by atoms with E-state index in [1.54, 1.807) is 18.3 Å². The van der Waals surface area contributed by atoms with Gasteiger partial charge in [-0.15, -0.1) is 0 Å². The number of aliphatic carboxylic acids is 1. The van der Waals surface area contributed by atoms with E-state index in [0.717, 1.165) is 25.8 Å². The van der Waals surface area contributed by atoms with Gasteiger partial charge in [-0.05, 0) is 37.8 Å². The molecule has 2 N–H and O–H groups in total. The Labute approximate surface area is 106 Å². The van der Waals surface area contributed by atoms with E-state index in [2.05, 4.69) is 4.98 Å². The summed E-state index contributed by atoms with van der Waals surface area (Å²) in [5.41, 5.74) is 0.581. The molecule has 5 heteroatoms. The van der Waals surface area contributed by atoms with Crippen molar-refractivity contribution < 1.29 is 14.7 Å². The Kier molecular flexibility index (Phi) is 4.02. The van der Waals surface area contributed by atoms with Crippen molar-refractivity contribution in [2.75, 3.05) is 6.54 Å². The van der Waals surface area contributed by atoms with Gasteiger partial charge in [0.25, 0.3) is 5.91 Å². The van der Waals surface area contributed by atoms with Crippen molar-refractivity contribution in [1.29, 1.82) is 0 Å². The highest BCUT2D eigenvalue weighted by molar-refractivity contribution is 5.92. The predicted molar refractivity (Wildman–Crippen MR) is 66.3 cm³/mol. The van der Waals surface area contributed by atoms with Crippen molar-refractivity contribution in [3.8, 4) is 0 Å². The number of rotatable bonds is 4. The minimum Gasteiger partial charge on any atom is -0.481 e. The zero-order chi connectivity index (χ0) is 13.0. The predicted octanol–water partition coefficient (Wildman–Crippen LogP) is 1.87. The molecular weight excluding hydrogens is 232 g/mol. The third-order valence-corrected chi connectivity index (χ3v) is 3.41. The smallest absolute Gasteiger partial charge is 0.303 e. The number of H-pyrrole nitrogens is 1. The van der Waals surface area contributed by atoms with E-state index in [4.69, 9.17) is 5.11 Å². The molecule has 1 saturated heterocycles. The third kappa shape index (κ3) is 2.91. The number of hydrogen-bond acceptors (Lipinski definition) is 2. The van der Waals surface area contributed by atoms with Gasteiger partial charge in [0.2, 0.25) is 0 Å². The molecule has 0 aliphatic carbocycles. The van der Waals surface area contributed by atoms with Crippen molar-refractivity contribution in [3.63, 3.8) is 0 Å². The quantitative estimate of drug-likeness (QED) is 0.856. The Morgan fingerprint density at radius 1 is 1.44 bits per heavy atom. The Bertz CT molecular complexity index is 414.